The molecule has 0 aliphatic rings. The molecule has 17 heavy (non-hydrogen) atoms. The maximum atomic E-state index is 3.83. The molecule has 0 heterocycles. The fourth-order valence-electron chi connectivity index (χ4n) is 1.10. The van der Waals surface area contributed by atoms with Gasteiger partial charge in [0, 0.05) is 20.6 Å². The Morgan fingerprint density at radius 2 is 1.65 bits per heavy atom. The van der Waals surface area contributed by atoms with Crippen LogP contribution in [0.1, 0.15) is 52.9 Å². The van der Waals surface area contributed by atoms with E-state index in [1.807, 2.05) is 19.0 Å². The molecular weight excluding hydrogens is 208 g/mol. The van der Waals surface area contributed by atoms with E-state index in [0.717, 1.165) is 18.8 Å². The van der Waals surface area contributed by atoms with Crippen molar-refractivity contribution in [3.8, 4) is 0 Å². The minimum absolute atomic E-state index is 0.983. The molecule has 0 amide bonds. The number of nitrogens with zero attached hydrogens (tertiary/aromatic N) is 1. The van der Waals surface area contributed by atoms with Crippen LogP contribution < -0.4 is 5.32 Å². The zero-order valence-corrected chi connectivity index (χ0v) is 12.6. The van der Waals surface area contributed by atoms with Gasteiger partial charge in [0.15, 0.2) is 0 Å². The molecule has 0 aromatic heterocycles. The van der Waals surface area contributed by atoms with Crippen molar-refractivity contribution in [3.63, 3.8) is 0 Å². The molecule has 2 heteroatoms. The molecule has 0 aliphatic carbocycles. The Morgan fingerprint density at radius 1 is 1.06 bits per heavy atom. The summed E-state index contributed by atoms with van der Waals surface area (Å²) < 4.78 is 0. The molecule has 0 saturated carbocycles. The average molecular weight is 240 g/mol. The van der Waals surface area contributed by atoms with E-state index in [1.165, 1.54) is 31.3 Å². The van der Waals surface area contributed by atoms with E-state index in [4.69, 9.17) is 0 Å². The van der Waals surface area contributed by atoms with Gasteiger partial charge in [-0.3, -0.25) is 0 Å². The van der Waals surface area contributed by atoms with E-state index in [-0.39, 0.29) is 0 Å². The highest BCUT2D eigenvalue weighted by molar-refractivity contribution is 4.87. The van der Waals surface area contributed by atoms with Gasteiger partial charge in [0.25, 0.3) is 0 Å². The summed E-state index contributed by atoms with van der Waals surface area (Å²) in [6.07, 6.45) is 6.35. The lowest BCUT2D eigenvalue weighted by atomic mass is 10.1. The van der Waals surface area contributed by atoms with E-state index in [2.05, 4.69) is 39.2 Å². The molecule has 102 valence electrons. The first-order valence-electron chi connectivity index (χ1n) is 6.70. The van der Waals surface area contributed by atoms with Crippen LogP contribution in [0.5, 0.6) is 0 Å². The average Bonchev–Trinajstić information content (AvgIpc) is 2.26. The second-order valence-electron chi connectivity index (χ2n) is 4.68. The maximum Gasteiger partial charge on any atom is 0.0933 e. The van der Waals surface area contributed by atoms with Crippen LogP contribution in [0, 0.1) is 0 Å². The Hall–Kier alpha value is -0.920. The first-order valence-corrected chi connectivity index (χ1v) is 6.70. The molecule has 0 saturated heterocycles. The lowest BCUT2D eigenvalue weighted by molar-refractivity contribution is 0.462. The molecule has 0 spiro atoms. The van der Waals surface area contributed by atoms with Gasteiger partial charge in [-0.05, 0) is 26.2 Å². The first-order chi connectivity index (χ1) is 7.95. The Balaban J connectivity index is 0. The molecule has 0 unspecified atom stereocenters. The van der Waals surface area contributed by atoms with E-state index in [0.29, 0.717) is 0 Å². The number of hydrogen-bond acceptors (Lipinski definition) is 2. The topological polar surface area (TPSA) is 15.3 Å². The molecule has 0 aliphatic heterocycles. The van der Waals surface area contributed by atoms with Gasteiger partial charge in [-0.2, -0.15) is 0 Å². The van der Waals surface area contributed by atoms with E-state index in [1.54, 1.807) is 0 Å². The molecule has 2 nitrogen and oxygen atoms in total. The summed E-state index contributed by atoms with van der Waals surface area (Å²) in [5.74, 6) is 0.983. The summed E-state index contributed by atoms with van der Waals surface area (Å²) in [7, 11) is 3.95. The van der Waals surface area contributed by atoms with Crippen LogP contribution in [0.3, 0.4) is 0 Å². The summed E-state index contributed by atoms with van der Waals surface area (Å²) in [5, 5.41) is 3.16. The second kappa shape index (κ2) is 13.1. The third-order valence-electron chi connectivity index (χ3n) is 2.33. The van der Waals surface area contributed by atoms with Crippen LogP contribution >= 0.6 is 0 Å². The lowest BCUT2D eigenvalue weighted by Gasteiger charge is -2.16. The highest BCUT2D eigenvalue weighted by Gasteiger charge is 1.90. The Labute approximate surface area is 109 Å². The normalized spacial score (nSPS) is 9.00. The van der Waals surface area contributed by atoms with Crippen molar-refractivity contribution in [2.45, 2.75) is 52.9 Å². The van der Waals surface area contributed by atoms with Crippen molar-refractivity contribution in [1.29, 1.82) is 0 Å². The van der Waals surface area contributed by atoms with Crippen molar-refractivity contribution in [2.75, 3.05) is 20.6 Å². The molecule has 0 fully saturated rings. The number of rotatable bonds is 8. The molecule has 0 radical (unpaired) electrons. The Kier molecular flexibility index (Phi) is 14.3. The first kappa shape index (κ1) is 18.4. The van der Waals surface area contributed by atoms with E-state index >= 15 is 0 Å². The van der Waals surface area contributed by atoms with Gasteiger partial charge in [-0.25, -0.2) is 0 Å². The summed E-state index contributed by atoms with van der Waals surface area (Å²) in [4.78, 5) is 1.97. The quantitative estimate of drug-likeness (QED) is 0.506. The van der Waals surface area contributed by atoms with Crippen molar-refractivity contribution < 1.29 is 0 Å². The Bertz CT molecular complexity index is 195. The third kappa shape index (κ3) is 17.7. The predicted octanol–water partition coefficient (Wildman–Crippen LogP) is 4.16. The monoisotopic (exact) mass is 240 g/mol. The molecule has 0 atom stereocenters. The fourth-order valence-corrected chi connectivity index (χ4v) is 1.10. The molecule has 0 bridgehead atoms. The van der Waals surface area contributed by atoms with Crippen LogP contribution in [0.25, 0.3) is 0 Å². The smallest absolute Gasteiger partial charge is 0.0933 e. The van der Waals surface area contributed by atoms with Crippen LogP contribution in [-0.4, -0.2) is 25.5 Å². The number of nitrogens with one attached hydrogen (secondary N) is 1. The number of allylic oxidation sites excluding steroid dienone is 1. The summed E-state index contributed by atoms with van der Waals surface area (Å²) in [5.41, 5.74) is 1.32. The standard InChI is InChI=1S/C8H16.C7H16N2/c1-4-5-6-7-8(2)3;1-5-6-8-7(2)9(3)4/h2,4-7H2,1,3H3;8H,2,5-6H2,1,3-4H3. The van der Waals surface area contributed by atoms with Crippen molar-refractivity contribution in [1.82, 2.24) is 10.2 Å². The van der Waals surface area contributed by atoms with Gasteiger partial charge in [0.05, 0.1) is 5.82 Å². The zero-order valence-electron chi connectivity index (χ0n) is 12.6. The predicted molar refractivity (Wildman–Crippen MR) is 80.1 cm³/mol. The lowest BCUT2D eigenvalue weighted by Crippen LogP contribution is -2.24. The van der Waals surface area contributed by atoms with E-state index < -0.39 is 0 Å². The highest BCUT2D eigenvalue weighted by Crippen LogP contribution is 2.04. The van der Waals surface area contributed by atoms with Crippen LogP contribution in [0.4, 0.5) is 0 Å². The van der Waals surface area contributed by atoms with Crippen LogP contribution in [0.15, 0.2) is 24.6 Å². The molecule has 1 N–H and O–H groups in total. The maximum absolute atomic E-state index is 3.83. The SMILES string of the molecule is C=C(C)CCCCC.C=C(NCCC)N(C)C. The molecule has 0 aromatic carbocycles. The number of unbranched alkanes of at least 4 members (excludes halogenated alkanes) is 2. The summed E-state index contributed by atoms with van der Waals surface area (Å²) in [6, 6.07) is 0. The highest BCUT2D eigenvalue weighted by atomic mass is 15.2. The van der Waals surface area contributed by atoms with Crippen molar-refractivity contribution in [2.24, 2.45) is 0 Å². The van der Waals surface area contributed by atoms with Gasteiger partial charge in [0.1, 0.15) is 0 Å². The summed E-state index contributed by atoms with van der Waals surface area (Å²) in [6.45, 7) is 15.1. The second-order valence-corrected chi connectivity index (χ2v) is 4.68. The Morgan fingerprint density at radius 3 is 2.00 bits per heavy atom. The minimum atomic E-state index is 0.983. The van der Waals surface area contributed by atoms with Gasteiger partial charge in [0.2, 0.25) is 0 Å². The van der Waals surface area contributed by atoms with Gasteiger partial charge in [-0.1, -0.05) is 38.8 Å². The van der Waals surface area contributed by atoms with Gasteiger partial charge < -0.3 is 10.2 Å². The van der Waals surface area contributed by atoms with Crippen molar-refractivity contribution >= 4 is 0 Å². The summed E-state index contributed by atoms with van der Waals surface area (Å²) >= 11 is 0. The zero-order chi connectivity index (χ0) is 13.7. The van der Waals surface area contributed by atoms with E-state index in [9.17, 15) is 0 Å². The minimum Gasteiger partial charge on any atom is -0.372 e. The van der Waals surface area contributed by atoms with Crippen LogP contribution in [0.2, 0.25) is 0 Å². The van der Waals surface area contributed by atoms with Crippen LogP contribution in [-0.2, 0) is 0 Å². The molecular formula is C15H32N2. The van der Waals surface area contributed by atoms with Gasteiger partial charge >= 0.3 is 0 Å². The third-order valence-corrected chi connectivity index (χ3v) is 2.33. The van der Waals surface area contributed by atoms with Crippen molar-refractivity contribution in [3.05, 3.63) is 24.6 Å². The number of hydrogen-bond donors (Lipinski definition) is 1. The fraction of sp³-hybridized carbons (Fsp3) is 0.733. The largest absolute Gasteiger partial charge is 0.372 e. The van der Waals surface area contributed by atoms with Gasteiger partial charge in [-0.15, -0.1) is 6.58 Å². The molecule has 0 aromatic rings. The molecule has 0 rings (SSSR count).